The van der Waals surface area contributed by atoms with Gasteiger partial charge < -0.3 is 4.74 Å². The first kappa shape index (κ1) is 12.5. The molecule has 0 spiro atoms. The third-order valence-electron chi connectivity index (χ3n) is 2.54. The third-order valence-corrected chi connectivity index (χ3v) is 4.52. The lowest BCUT2D eigenvalue weighted by Gasteiger charge is -2.21. The summed E-state index contributed by atoms with van der Waals surface area (Å²) in [7, 11) is 0. The first-order valence-corrected chi connectivity index (χ1v) is 7.05. The van der Waals surface area contributed by atoms with Crippen molar-refractivity contribution in [1.29, 1.82) is 0 Å². The van der Waals surface area contributed by atoms with Crippen molar-refractivity contribution in [2.45, 2.75) is 23.8 Å². The zero-order valence-corrected chi connectivity index (χ0v) is 11.1. The fourth-order valence-corrected chi connectivity index (χ4v) is 3.28. The topological polar surface area (TPSA) is 22.1 Å². The van der Waals surface area contributed by atoms with Crippen molar-refractivity contribution < 1.29 is 4.74 Å². The van der Waals surface area contributed by atoms with E-state index in [0.717, 1.165) is 37.4 Å². The molecular formula is C11H13Cl2NOS. The van der Waals surface area contributed by atoms with Crippen LogP contribution < -0.4 is 0 Å². The first-order valence-electron chi connectivity index (χ1n) is 5.25. The second kappa shape index (κ2) is 6.10. The van der Waals surface area contributed by atoms with Gasteiger partial charge in [-0.2, -0.15) is 11.8 Å². The summed E-state index contributed by atoms with van der Waals surface area (Å²) in [4.78, 5) is 4.05. The van der Waals surface area contributed by atoms with Gasteiger partial charge in [-0.15, -0.1) is 0 Å². The Morgan fingerprint density at radius 2 is 2.12 bits per heavy atom. The SMILES string of the molecule is Clc1cc(Cl)c(CSC2CCOCC2)cn1. The van der Waals surface area contributed by atoms with E-state index in [1.165, 1.54) is 0 Å². The van der Waals surface area contributed by atoms with Crippen LogP contribution in [-0.4, -0.2) is 23.4 Å². The summed E-state index contributed by atoms with van der Waals surface area (Å²) >= 11 is 13.8. The maximum atomic E-state index is 6.08. The van der Waals surface area contributed by atoms with Crippen molar-refractivity contribution >= 4 is 35.0 Å². The van der Waals surface area contributed by atoms with Gasteiger partial charge in [-0.3, -0.25) is 0 Å². The highest BCUT2D eigenvalue weighted by Gasteiger charge is 2.14. The molecule has 1 saturated heterocycles. The quantitative estimate of drug-likeness (QED) is 0.785. The molecule has 0 N–H and O–H groups in total. The molecule has 2 rings (SSSR count). The molecule has 1 aromatic heterocycles. The summed E-state index contributed by atoms with van der Waals surface area (Å²) in [5.74, 6) is 0.896. The maximum Gasteiger partial charge on any atom is 0.130 e. The molecule has 0 aliphatic carbocycles. The van der Waals surface area contributed by atoms with Crippen molar-refractivity contribution in [3.63, 3.8) is 0 Å². The molecule has 0 amide bonds. The van der Waals surface area contributed by atoms with Crippen molar-refractivity contribution in [2.75, 3.05) is 13.2 Å². The van der Waals surface area contributed by atoms with Gasteiger partial charge in [-0.1, -0.05) is 23.2 Å². The molecular weight excluding hydrogens is 265 g/mol. The van der Waals surface area contributed by atoms with Crippen molar-refractivity contribution in [2.24, 2.45) is 0 Å². The number of hydrogen-bond donors (Lipinski definition) is 0. The van der Waals surface area contributed by atoms with Gasteiger partial charge in [-0.25, -0.2) is 4.98 Å². The van der Waals surface area contributed by atoms with Crippen LogP contribution in [0.5, 0.6) is 0 Å². The second-order valence-electron chi connectivity index (χ2n) is 3.72. The minimum Gasteiger partial charge on any atom is -0.381 e. The lowest BCUT2D eigenvalue weighted by Crippen LogP contribution is -2.17. The molecule has 0 bridgehead atoms. The Balaban J connectivity index is 1.88. The van der Waals surface area contributed by atoms with E-state index in [1.807, 2.05) is 11.8 Å². The number of aromatic nitrogens is 1. The normalized spacial score (nSPS) is 17.6. The summed E-state index contributed by atoms with van der Waals surface area (Å²) in [6.45, 7) is 1.76. The molecule has 0 radical (unpaired) electrons. The van der Waals surface area contributed by atoms with Crippen molar-refractivity contribution in [3.8, 4) is 0 Å². The van der Waals surface area contributed by atoms with E-state index in [9.17, 15) is 0 Å². The molecule has 1 fully saturated rings. The van der Waals surface area contributed by atoms with Gasteiger partial charge in [0, 0.05) is 35.4 Å². The third kappa shape index (κ3) is 3.52. The van der Waals surface area contributed by atoms with Crippen LogP contribution in [0, 0.1) is 0 Å². The molecule has 5 heteroatoms. The molecule has 1 aliphatic heterocycles. The van der Waals surface area contributed by atoms with E-state index in [0.29, 0.717) is 15.4 Å². The Hall–Kier alpha value is 0.0400. The van der Waals surface area contributed by atoms with Crippen LogP contribution in [0.1, 0.15) is 18.4 Å². The predicted molar refractivity (Wildman–Crippen MR) is 69.4 cm³/mol. The Bertz CT molecular complexity index is 356. The van der Waals surface area contributed by atoms with Gasteiger partial charge in [0.15, 0.2) is 0 Å². The average molecular weight is 278 g/mol. The molecule has 1 aliphatic rings. The molecule has 1 aromatic rings. The largest absolute Gasteiger partial charge is 0.381 e. The Kier molecular flexibility index (Phi) is 4.77. The highest BCUT2D eigenvalue weighted by molar-refractivity contribution is 7.99. The molecule has 0 unspecified atom stereocenters. The summed E-state index contributed by atoms with van der Waals surface area (Å²) in [5.41, 5.74) is 1.06. The van der Waals surface area contributed by atoms with Crippen LogP contribution in [0.15, 0.2) is 12.3 Å². The first-order chi connectivity index (χ1) is 7.75. The van der Waals surface area contributed by atoms with Crippen LogP contribution in [0.3, 0.4) is 0 Å². The van der Waals surface area contributed by atoms with Gasteiger partial charge in [0.05, 0.1) is 0 Å². The zero-order chi connectivity index (χ0) is 11.4. The summed E-state index contributed by atoms with van der Waals surface area (Å²) in [6.07, 6.45) is 4.02. The van der Waals surface area contributed by atoms with E-state index in [4.69, 9.17) is 27.9 Å². The number of pyridine rings is 1. The van der Waals surface area contributed by atoms with Gasteiger partial charge >= 0.3 is 0 Å². The van der Waals surface area contributed by atoms with E-state index < -0.39 is 0 Å². The molecule has 0 aromatic carbocycles. The van der Waals surface area contributed by atoms with Crippen LogP contribution in [0.2, 0.25) is 10.2 Å². The fraction of sp³-hybridized carbons (Fsp3) is 0.545. The minimum atomic E-state index is 0.449. The molecule has 2 nitrogen and oxygen atoms in total. The molecule has 88 valence electrons. The van der Waals surface area contributed by atoms with Crippen molar-refractivity contribution in [3.05, 3.63) is 28.0 Å². The van der Waals surface area contributed by atoms with Crippen LogP contribution in [0.4, 0.5) is 0 Å². The monoisotopic (exact) mass is 277 g/mol. The number of hydrogen-bond acceptors (Lipinski definition) is 3. The number of rotatable bonds is 3. The Morgan fingerprint density at radius 1 is 1.38 bits per heavy atom. The average Bonchev–Trinajstić information content (AvgIpc) is 2.29. The van der Waals surface area contributed by atoms with Crippen molar-refractivity contribution in [1.82, 2.24) is 4.98 Å². The van der Waals surface area contributed by atoms with E-state index in [1.54, 1.807) is 12.3 Å². The molecule has 0 saturated carbocycles. The molecule has 16 heavy (non-hydrogen) atoms. The molecule has 2 heterocycles. The lowest BCUT2D eigenvalue weighted by atomic mass is 10.2. The zero-order valence-electron chi connectivity index (χ0n) is 8.79. The highest BCUT2D eigenvalue weighted by Crippen LogP contribution is 2.28. The lowest BCUT2D eigenvalue weighted by molar-refractivity contribution is 0.1000. The standard InChI is InChI=1S/C11H13Cl2NOS/c12-10-5-11(13)14-6-8(10)7-16-9-1-3-15-4-2-9/h5-6,9H,1-4,7H2. The van der Waals surface area contributed by atoms with E-state index >= 15 is 0 Å². The van der Waals surface area contributed by atoms with Crippen LogP contribution in [-0.2, 0) is 10.5 Å². The number of thioether (sulfide) groups is 1. The fourth-order valence-electron chi connectivity index (χ4n) is 1.59. The Morgan fingerprint density at radius 3 is 2.81 bits per heavy atom. The number of halogens is 2. The summed E-state index contributed by atoms with van der Waals surface area (Å²) < 4.78 is 5.32. The van der Waals surface area contributed by atoms with Gasteiger partial charge in [-0.05, 0) is 24.5 Å². The number of ether oxygens (including phenoxy) is 1. The van der Waals surface area contributed by atoms with Crippen LogP contribution in [0.25, 0.3) is 0 Å². The summed E-state index contributed by atoms with van der Waals surface area (Å²) in [6, 6.07) is 1.70. The van der Waals surface area contributed by atoms with Gasteiger partial charge in [0.1, 0.15) is 5.15 Å². The van der Waals surface area contributed by atoms with Gasteiger partial charge in [0.25, 0.3) is 0 Å². The smallest absolute Gasteiger partial charge is 0.130 e. The maximum absolute atomic E-state index is 6.08. The highest BCUT2D eigenvalue weighted by atomic mass is 35.5. The number of nitrogens with zero attached hydrogens (tertiary/aromatic N) is 1. The summed E-state index contributed by atoms with van der Waals surface area (Å²) in [5, 5.41) is 1.84. The molecule has 0 atom stereocenters. The predicted octanol–water partition coefficient (Wildman–Crippen LogP) is 3.80. The Labute approximate surface area is 110 Å². The van der Waals surface area contributed by atoms with Crippen LogP contribution >= 0.6 is 35.0 Å². The minimum absolute atomic E-state index is 0.449. The second-order valence-corrected chi connectivity index (χ2v) is 5.80. The van der Waals surface area contributed by atoms with E-state index in [-0.39, 0.29) is 0 Å². The van der Waals surface area contributed by atoms with Gasteiger partial charge in [0.2, 0.25) is 0 Å². The van der Waals surface area contributed by atoms with E-state index in [2.05, 4.69) is 4.98 Å².